The normalized spacial score (nSPS) is 10.6. The van der Waals surface area contributed by atoms with E-state index in [1.165, 1.54) is 6.92 Å². The molecule has 0 saturated carbocycles. The number of nitrogens with zero attached hydrogens (tertiary/aromatic N) is 1. The average molecular weight is 301 g/mol. The Kier molecular flexibility index (Phi) is 3.50. The first-order valence-corrected chi connectivity index (χ1v) is 6.78. The lowest BCUT2D eigenvalue weighted by atomic mass is 10.2. The number of aromatic nitrogens is 2. The monoisotopic (exact) mass is 300 g/mol. The van der Waals surface area contributed by atoms with Crippen LogP contribution in [0.25, 0.3) is 10.9 Å². The Labute approximate surface area is 126 Å². The Morgan fingerprint density at radius 2 is 2.05 bits per heavy atom. The van der Waals surface area contributed by atoms with Crippen molar-refractivity contribution in [2.45, 2.75) is 6.92 Å². The van der Waals surface area contributed by atoms with Crippen LogP contribution in [0.1, 0.15) is 6.92 Å². The highest BCUT2D eigenvalue weighted by molar-refractivity contribution is 6.30. The summed E-state index contributed by atoms with van der Waals surface area (Å²) >= 11 is 5.97. The first kappa shape index (κ1) is 13.5. The molecule has 0 bridgehead atoms. The Morgan fingerprint density at radius 1 is 1.24 bits per heavy atom. The zero-order valence-corrected chi connectivity index (χ0v) is 12.0. The molecule has 21 heavy (non-hydrogen) atoms. The van der Waals surface area contributed by atoms with Gasteiger partial charge < -0.3 is 10.6 Å². The molecule has 1 aromatic heterocycles. The number of halogens is 1. The topological polar surface area (TPSA) is 69.8 Å². The SMILES string of the molecule is CC(=O)Nc1cccc2c(Nc3cccc(Cl)c3)n[nH]c12. The summed E-state index contributed by atoms with van der Waals surface area (Å²) in [5, 5.41) is 14.7. The van der Waals surface area contributed by atoms with Gasteiger partial charge in [-0.25, -0.2) is 0 Å². The number of para-hydroxylation sites is 1. The highest BCUT2D eigenvalue weighted by Crippen LogP contribution is 2.29. The highest BCUT2D eigenvalue weighted by atomic mass is 35.5. The van der Waals surface area contributed by atoms with Crippen molar-refractivity contribution in [1.82, 2.24) is 10.2 Å². The minimum Gasteiger partial charge on any atom is -0.338 e. The molecule has 0 aliphatic heterocycles. The molecule has 6 heteroatoms. The molecule has 106 valence electrons. The molecule has 3 N–H and O–H groups in total. The number of H-pyrrole nitrogens is 1. The quantitative estimate of drug-likeness (QED) is 0.686. The maximum Gasteiger partial charge on any atom is 0.221 e. The fourth-order valence-corrected chi connectivity index (χ4v) is 2.32. The van der Waals surface area contributed by atoms with Gasteiger partial charge in [0.05, 0.1) is 11.2 Å². The summed E-state index contributed by atoms with van der Waals surface area (Å²) in [4.78, 5) is 11.2. The predicted octanol–water partition coefficient (Wildman–Crippen LogP) is 3.92. The summed E-state index contributed by atoms with van der Waals surface area (Å²) in [7, 11) is 0. The number of anilines is 3. The van der Waals surface area contributed by atoms with E-state index >= 15 is 0 Å². The molecule has 0 aliphatic rings. The molecule has 0 spiro atoms. The van der Waals surface area contributed by atoms with Gasteiger partial charge in [-0.15, -0.1) is 0 Å². The average Bonchev–Trinajstić information content (AvgIpc) is 2.83. The van der Waals surface area contributed by atoms with Crippen LogP contribution in [0.5, 0.6) is 0 Å². The number of fused-ring (bicyclic) bond motifs is 1. The molecule has 0 radical (unpaired) electrons. The Bertz CT molecular complexity index is 812. The molecule has 1 amide bonds. The summed E-state index contributed by atoms with van der Waals surface area (Å²) < 4.78 is 0. The van der Waals surface area contributed by atoms with E-state index in [1.54, 1.807) is 0 Å². The van der Waals surface area contributed by atoms with Crippen LogP contribution < -0.4 is 10.6 Å². The van der Waals surface area contributed by atoms with Crippen LogP contribution in [-0.4, -0.2) is 16.1 Å². The first-order valence-electron chi connectivity index (χ1n) is 6.41. The van der Waals surface area contributed by atoms with E-state index in [4.69, 9.17) is 11.6 Å². The Balaban J connectivity index is 1.99. The van der Waals surface area contributed by atoms with Gasteiger partial charge in [-0.1, -0.05) is 23.7 Å². The molecule has 0 atom stereocenters. The zero-order valence-electron chi connectivity index (χ0n) is 11.3. The van der Waals surface area contributed by atoms with Crippen molar-refractivity contribution in [2.24, 2.45) is 0 Å². The van der Waals surface area contributed by atoms with Gasteiger partial charge in [0, 0.05) is 23.0 Å². The van der Waals surface area contributed by atoms with Crippen molar-refractivity contribution in [2.75, 3.05) is 10.6 Å². The van der Waals surface area contributed by atoms with E-state index in [1.807, 2.05) is 42.5 Å². The summed E-state index contributed by atoms with van der Waals surface area (Å²) in [5.74, 6) is 0.556. The number of hydrogen-bond donors (Lipinski definition) is 3. The van der Waals surface area contributed by atoms with Gasteiger partial charge in [0.15, 0.2) is 5.82 Å². The number of nitrogens with one attached hydrogen (secondary N) is 3. The largest absolute Gasteiger partial charge is 0.338 e. The number of amides is 1. The van der Waals surface area contributed by atoms with E-state index in [9.17, 15) is 4.79 Å². The van der Waals surface area contributed by atoms with Gasteiger partial charge in [-0.05, 0) is 30.3 Å². The van der Waals surface area contributed by atoms with Gasteiger partial charge in [0.1, 0.15) is 0 Å². The fourth-order valence-electron chi connectivity index (χ4n) is 2.13. The van der Waals surface area contributed by atoms with Crippen molar-refractivity contribution in [3.63, 3.8) is 0 Å². The van der Waals surface area contributed by atoms with Crippen molar-refractivity contribution in [1.29, 1.82) is 0 Å². The van der Waals surface area contributed by atoms with Crippen LogP contribution >= 0.6 is 11.6 Å². The van der Waals surface area contributed by atoms with E-state index in [0.29, 0.717) is 16.5 Å². The van der Waals surface area contributed by atoms with Crippen LogP contribution in [0.15, 0.2) is 42.5 Å². The third-order valence-corrected chi connectivity index (χ3v) is 3.23. The molecule has 3 rings (SSSR count). The van der Waals surface area contributed by atoms with Crippen molar-refractivity contribution in [3.05, 3.63) is 47.5 Å². The van der Waals surface area contributed by atoms with Gasteiger partial charge in [0.25, 0.3) is 0 Å². The summed E-state index contributed by atoms with van der Waals surface area (Å²) in [6, 6.07) is 13.0. The molecule has 0 aliphatic carbocycles. The number of carbonyl (C=O) groups excluding carboxylic acids is 1. The minimum absolute atomic E-state index is 0.124. The minimum atomic E-state index is -0.124. The fraction of sp³-hybridized carbons (Fsp3) is 0.0667. The lowest BCUT2D eigenvalue weighted by molar-refractivity contribution is -0.114. The van der Waals surface area contributed by atoms with Gasteiger partial charge in [-0.3, -0.25) is 9.89 Å². The Morgan fingerprint density at radius 3 is 2.81 bits per heavy atom. The van der Waals surface area contributed by atoms with Crippen LogP contribution in [0.2, 0.25) is 5.02 Å². The van der Waals surface area contributed by atoms with Gasteiger partial charge in [0.2, 0.25) is 5.91 Å². The van der Waals surface area contributed by atoms with Crippen LogP contribution in [0, 0.1) is 0 Å². The maximum absolute atomic E-state index is 11.2. The highest BCUT2D eigenvalue weighted by Gasteiger charge is 2.10. The van der Waals surface area contributed by atoms with Crippen LogP contribution in [-0.2, 0) is 4.79 Å². The standard InChI is InChI=1S/C15H13ClN4O/c1-9(21)17-13-7-3-6-12-14(13)19-20-15(12)18-11-5-2-4-10(16)8-11/h2-8H,1H3,(H,17,21)(H2,18,19,20). The number of carbonyl (C=O) groups is 1. The lowest BCUT2D eigenvalue weighted by Crippen LogP contribution is -2.05. The Hall–Kier alpha value is -2.53. The first-order chi connectivity index (χ1) is 10.1. The summed E-state index contributed by atoms with van der Waals surface area (Å²) in [6.07, 6.45) is 0. The van der Waals surface area contributed by atoms with Gasteiger partial charge >= 0.3 is 0 Å². The number of benzene rings is 2. The number of rotatable bonds is 3. The third kappa shape index (κ3) is 2.83. The maximum atomic E-state index is 11.2. The number of aromatic amines is 1. The molecule has 0 saturated heterocycles. The van der Waals surface area contributed by atoms with E-state index < -0.39 is 0 Å². The molecule has 3 aromatic rings. The summed E-state index contributed by atoms with van der Waals surface area (Å²) in [5.41, 5.74) is 2.32. The van der Waals surface area contributed by atoms with E-state index in [2.05, 4.69) is 20.8 Å². The van der Waals surface area contributed by atoms with Crippen molar-refractivity contribution < 1.29 is 4.79 Å². The molecule has 0 unspecified atom stereocenters. The zero-order chi connectivity index (χ0) is 14.8. The second kappa shape index (κ2) is 5.46. The van der Waals surface area contributed by atoms with Crippen molar-refractivity contribution in [3.8, 4) is 0 Å². The van der Waals surface area contributed by atoms with Crippen molar-refractivity contribution >= 4 is 45.6 Å². The molecule has 0 fully saturated rings. The third-order valence-electron chi connectivity index (χ3n) is 3.00. The molecule has 2 aromatic carbocycles. The summed E-state index contributed by atoms with van der Waals surface area (Å²) in [6.45, 7) is 1.47. The van der Waals surface area contributed by atoms with Crippen LogP contribution in [0.3, 0.4) is 0 Å². The van der Waals surface area contributed by atoms with Crippen LogP contribution in [0.4, 0.5) is 17.2 Å². The molecular formula is C15H13ClN4O. The molecule has 5 nitrogen and oxygen atoms in total. The van der Waals surface area contributed by atoms with E-state index in [-0.39, 0.29) is 5.91 Å². The predicted molar refractivity (Wildman–Crippen MR) is 85.1 cm³/mol. The molecular weight excluding hydrogens is 288 g/mol. The number of hydrogen-bond acceptors (Lipinski definition) is 3. The second-order valence-corrected chi connectivity index (χ2v) is 5.05. The molecule has 1 heterocycles. The lowest BCUT2D eigenvalue weighted by Gasteiger charge is -2.05. The second-order valence-electron chi connectivity index (χ2n) is 4.62. The van der Waals surface area contributed by atoms with Gasteiger partial charge in [-0.2, -0.15) is 5.10 Å². The van der Waals surface area contributed by atoms with E-state index in [0.717, 1.165) is 16.6 Å². The smallest absolute Gasteiger partial charge is 0.221 e.